The zero-order chi connectivity index (χ0) is 13.8. The van der Waals surface area contributed by atoms with Crippen molar-refractivity contribution in [2.75, 3.05) is 5.32 Å². The van der Waals surface area contributed by atoms with E-state index in [1.54, 1.807) is 6.92 Å². The molecule has 0 saturated heterocycles. The molecule has 0 aliphatic rings. The number of hydrogen-bond donors (Lipinski definition) is 2. The third kappa shape index (κ3) is 2.69. The van der Waals surface area contributed by atoms with Crippen molar-refractivity contribution in [2.24, 2.45) is 0 Å². The number of nitrogens with zero attached hydrogens (tertiary/aromatic N) is 3. The van der Waals surface area contributed by atoms with Crippen LogP contribution in [0.2, 0.25) is 0 Å². The number of rotatable bonds is 4. The first kappa shape index (κ1) is 12.6. The first-order valence-electron chi connectivity index (χ1n) is 5.38. The summed E-state index contributed by atoms with van der Waals surface area (Å²) in [5.74, 6) is 0.139. The fourth-order valence-corrected chi connectivity index (χ4v) is 1.57. The Hall–Kier alpha value is -2.88. The molecule has 96 valence electrons. The molecule has 0 spiro atoms. The van der Waals surface area contributed by atoms with Gasteiger partial charge in [0.05, 0.1) is 12.7 Å². The van der Waals surface area contributed by atoms with Gasteiger partial charge in [-0.15, -0.1) is 0 Å². The number of aromatic carboxylic acids is 1. The lowest BCUT2D eigenvalue weighted by Crippen LogP contribution is -2.03. The van der Waals surface area contributed by atoms with Crippen molar-refractivity contribution >= 4 is 11.8 Å². The van der Waals surface area contributed by atoms with Gasteiger partial charge in [0.2, 0.25) is 0 Å². The number of carbonyl (C=O) groups is 1. The number of nitrogens with one attached hydrogen (secondary N) is 1. The molecule has 0 fully saturated rings. The number of aryl methyl sites for hydroxylation is 1. The molecule has 0 aliphatic carbocycles. The molecule has 0 aliphatic heterocycles. The van der Waals surface area contributed by atoms with Crippen molar-refractivity contribution in [1.82, 2.24) is 9.97 Å². The number of nitriles is 1. The molecule has 7 nitrogen and oxygen atoms in total. The minimum atomic E-state index is -1.03. The highest BCUT2D eigenvalue weighted by Crippen LogP contribution is 2.16. The Morgan fingerprint density at radius 2 is 2.42 bits per heavy atom. The average Bonchev–Trinajstić information content (AvgIpc) is 2.78. The van der Waals surface area contributed by atoms with Gasteiger partial charge in [-0.1, -0.05) is 0 Å². The molecule has 0 bridgehead atoms. The first-order chi connectivity index (χ1) is 9.11. The van der Waals surface area contributed by atoms with E-state index in [9.17, 15) is 4.79 Å². The Bertz CT molecular complexity index is 657. The number of carboxylic acids is 1. The molecule has 0 radical (unpaired) electrons. The Labute approximate surface area is 108 Å². The van der Waals surface area contributed by atoms with Crippen molar-refractivity contribution in [1.29, 1.82) is 5.26 Å². The summed E-state index contributed by atoms with van der Waals surface area (Å²) < 4.78 is 5.30. The molecule has 2 aromatic heterocycles. The smallest absolute Gasteiger partial charge is 0.339 e. The monoisotopic (exact) mass is 258 g/mol. The predicted octanol–water partition coefficient (Wildman–Crippen LogP) is 1.56. The van der Waals surface area contributed by atoms with E-state index in [1.807, 2.05) is 6.07 Å². The van der Waals surface area contributed by atoms with Gasteiger partial charge >= 0.3 is 5.97 Å². The van der Waals surface area contributed by atoms with E-state index in [0.717, 1.165) is 0 Å². The lowest BCUT2D eigenvalue weighted by Gasteiger charge is -2.03. The van der Waals surface area contributed by atoms with Crippen LogP contribution in [0.1, 0.15) is 27.4 Å². The van der Waals surface area contributed by atoms with Crippen molar-refractivity contribution in [3.8, 4) is 6.07 Å². The predicted molar refractivity (Wildman–Crippen MR) is 64.5 cm³/mol. The fourth-order valence-electron chi connectivity index (χ4n) is 1.57. The summed E-state index contributed by atoms with van der Waals surface area (Å²) in [4.78, 5) is 18.5. The number of anilines is 1. The van der Waals surface area contributed by atoms with Gasteiger partial charge in [-0.3, -0.25) is 0 Å². The molecule has 0 aromatic carbocycles. The zero-order valence-corrected chi connectivity index (χ0v) is 10.0. The van der Waals surface area contributed by atoms with Crippen LogP contribution in [0, 0.1) is 18.3 Å². The zero-order valence-electron chi connectivity index (χ0n) is 10.0. The minimum Gasteiger partial charge on any atom is -0.478 e. The van der Waals surface area contributed by atoms with Crippen LogP contribution in [0.3, 0.4) is 0 Å². The highest BCUT2D eigenvalue weighted by Gasteiger charge is 2.13. The molecule has 2 rings (SSSR count). The SMILES string of the molecule is Cc1oc(CNc2ncncc2C#N)cc1C(=O)O. The molecule has 2 aromatic rings. The van der Waals surface area contributed by atoms with E-state index in [0.29, 0.717) is 22.9 Å². The quantitative estimate of drug-likeness (QED) is 0.855. The molecule has 7 heteroatoms. The second-order valence-corrected chi connectivity index (χ2v) is 3.74. The summed E-state index contributed by atoms with van der Waals surface area (Å²) in [6, 6.07) is 3.40. The molecular weight excluding hydrogens is 248 g/mol. The highest BCUT2D eigenvalue weighted by atomic mass is 16.4. The molecule has 0 unspecified atom stereocenters. The van der Waals surface area contributed by atoms with Gasteiger partial charge in [0.15, 0.2) is 0 Å². The third-order valence-corrected chi connectivity index (χ3v) is 2.46. The van der Waals surface area contributed by atoms with Crippen LogP contribution in [0.25, 0.3) is 0 Å². The normalized spacial score (nSPS) is 9.89. The lowest BCUT2D eigenvalue weighted by molar-refractivity contribution is 0.0695. The molecule has 0 atom stereocenters. The first-order valence-corrected chi connectivity index (χ1v) is 5.38. The topological polar surface area (TPSA) is 112 Å². The second kappa shape index (κ2) is 5.18. The van der Waals surface area contributed by atoms with E-state index in [1.165, 1.54) is 18.6 Å². The molecular formula is C12H10N4O3. The van der Waals surface area contributed by atoms with Crippen LogP contribution in [-0.2, 0) is 6.54 Å². The summed E-state index contributed by atoms with van der Waals surface area (Å²) in [6.45, 7) is 1.82. The van der Waals surface area contributed by atoms with Crippen LogP contribution in [0.15, 0.2) is 23.0 Å². The van der Waals surface area contributed by atoms with Gasteiger partial charge in [0.1, 0.15) is 40.9 Å². The Kier molecular flexibility index (Phi) is 3.43. The van der Waals surface area contributed by atoms with Crippen LogP contribution < -0.4 is 5.32 Å². The van der Waals surface area contributed by atoms with Crippen molar-refractivity contribution < 1.29 is 14.3 Å². The second-order valence-electron chi connectivity index (χ2n) is 3.74. The number of hydrogen-bond acceptors (Lipinski definition) is 6. The van der Waals surface area contributed by atoms with E-state index in [4.69, 9.17) is 14.8 Å². The summed E-state index contributed by atoms with van der Waals surface area (Å²) in [7, 11) is 0. The lowest BCUT2D eigenvalue weighted by atomic mass is 10.2. The maximum absolute atomic E-state index is 10.9. The van der Waals surface area contributed by atoms with Gasteiger partial charge in [-0.05, 0) is 13.0 Å². The van der Waals surface area contributed by atoms with Crippen molar-refractivity contribution in [2.45, 2.75) is 13.5 Å². The standard InChI is InChI=1S/C12H10N4O3/c1-7-10(12(17)18)2-9(19-7)5-15-11-8(3-13)4-14-6-16-11/h2,4,6H,5H2,1H3,(H,17,18)(H,14,15,16). The maximum atomic E-state index is 10.9. The summed E-state index contributed by atoms with van der Waals surface area (Å²) in [5.41, 5.74) is 0.434. The molecule has 2 heterocycles. The summed E-state index contributed by atoms with van der Waals surface area (Å²) >= 11 is 0. The maximum Gasteiger partial charge on any atom is 0.339 e. The van der Waals surface area contributed by atoms with Gasteiger partial charge in [0.25, 0.3) is 0 Å². The van der Waals surface area contributed by atoms with Gasteiger partial charge in [-0.25, -0.2) is 14.8 Å². The van der Waals surface area contributed by atoms with Crippen molar-refractivity contribution in [3.05, 3.63) is 41.2 Å². The molecule has 2 N–H and O–H groups in total. The van der Waals surface area contributed by atoms with E-state index in [-0.39, 0.29) is 12.1 Å². The van der Waals surface area contributed by atoms with Crippen LogP contribution >= 0.6 is 0 Å². The van der Waals surface area contributed by atoms with Crippen molar-refractivity contribution in [3.63, 3.8) is 0 Å². The van der Waals surface area contributed by atoms with E-state index >= 15 is 0 Å². The molecule has 19 heavy (non-hydrogen) atoms. The highest BCUT2D eigenvalue weighted by molar-refractivity contribution is 5.88. The van der Waals surface area contributed by atoms with Gasteiger partial charge in [0, 0.05) is 0 Å². The largest absolute Gasteiger partial charge is 0.478 e. The number of carboxylic acid groups (broad SMARTS) is 1. The Morgan fingerprint density at radius 3 is 3.05 bits per heavy atom. The van der Waals surface area contributed by atoms with Gasteiger partial charge in [-0.2, -0.15) is 5.26 Å². The van der Waals surface area contributed by atoms with E-state index < -0.39 is 5.97 Å². The molecule has 0 saturated carbocycles. The number of furan rings is 1. The number of aromatic nitrogens is 2. The van der Waals surface area contributed by atoms with E-state index in [2.05, 4.69) is 15.3 Å². The van der Waals surface area contributed by atoms with Gasteiger partial charge < -0.3 is 14.8 Å². The fraction of sp³-hybridized carbons (Fsp3) is 0.167. The van der Waals surface area contributed by atoms with Crippen LogP contribution in [-0.4, -0.2) is 21.0 Å². The van der Waals surface area contributed by atoms with Crippen LogP contribution in [0.4, 0.5) is 5.82 Å². The average molecular weight is 258 g/mol. The van der Waals surface area contributed by atoms with Crippen LogP contribution in [0.5, 0.6) is 0 Å². The summed E-state index contributed by atoms with van der Waals surface area (Å²) in [5, 5.41) is 20.7. The Balaban J connectivity index is 2.13. The minimum absolute atomic E-state index is 0.125. The summed E-state index contributed by atoms with van der Waals surface area (Å²) in [6.07, 6.45) is 2.71. The Morgan fingerprint density at radius 1 is 1.63 bits per heavy atom. The molecule has 0 amide bonds. The third-order valence-electron chi connectivity index (χ3n) is 2.46.